The summed E-state index contributed by atoms with van der Waals surface area (Å²) in [5, 5.41) is 0. The molecule has 1 rings (SSSR count). The maximum Gasteiger partial charge on any atom is 0.0269 e. The highest BCUT2D eigenvalue weighted by Gasteiger charge is 1.87. The van der Waals surface area contributed by atoms with Crippen molar-refractivity contribution in [3.63, 3.8) is 0 Å². The lowest BCUT2D eigenvalue weighted by Gasteiger charge is -1.77. The first kappa shape index (κ1) is 6.56. The lowest BCUT2D eigenvalue weighted by Crippen LogP contribution is -1.50. The first-order valence-electron chi connectivity index (χ1n) is 3.02. The van der Waals surface area contributed by atoms with Gasteiger partial charge < -0.3 is 0 Å². The molecule has 0 aliphatic rings. The highest BCUT2D eigenvalue weighted by atomic mass is 32.1. The second kappa shape index (κ2) is 2.83. The fourth-order valence-electron chi connectivity index (χ4n) is 0.707. The van der Waals surface area contributed by atoms with Crippen LogP contribution in [0.25, 0.3) is 6.08 Å². The smallest absolute Gasteiger partial charge is 0.0269 e. The number of aryl methyl sites for hydroxylation is 1. The maximum absolute atomic E-state index is 2.14. The highest BCUT2D eigenvalue weighted by Crippen LogP contribution is 2.15. The van der Waals surface area contributed by atoms with Crippen molar-refractivity contribution in [3.8, 4) is 0 Å². The van der Waals surface area contributed by atoms with Crippen molar-refractivity contribution in [1.82, 2.24) is 0 Å². The predicted octanol–water partition coefficient (Wildman–Crippen LogP) is 3.09. The lowest BCUT2D eigenvalue weighted by atomic mass is 10.4. The Balaban J connectivity index is 2.85. The minimum absolute atomic E-state index is 1.34. The summed E-state index contributed by atoms with van der Waals surface area (Å²) in [4.78, 5) is 2.72. The molecule has 0 fully saturated rings. The highest BCUT2D eigenvalue weighted by molar-refractivity contribution is 7.12. The quantitative estimate of drug-likeness (QED) is 0.559. The van der Waals surface area contributed by atoms with Gasteiger partial charge in [0.05, 0.1) is 0 Å². The van der Waals surface area contributed by atoms with Crippen molar-refractivity contribution in [2.75, 3.05) is 0 Å². The topological polar surface area (TPSA) is 0 Å². The molecule has 1 heterocycles. The normalized spacial score (nSPS) is 10.9. The van der Waals surface area contributed by atoms with E-state index in [2.05, 4.69) is 31.2 Å². The molecule has 1 heteroatoms. The molecule has 0 N–H and O–H groups in total. The van der Waals surface area contributed by atoms with Crippen molar-refractivity contribution >= 4 is 17.4 Å². The summed E-state index contributed by atoms with van der Waals surface area (Å²) in [6.45, 7) is 4.16. The number of hydrogen-bond acceptors (Lipinski definition) is 1. The molecule has 0 amide bonds. The number of allylic oxidation sites excluding steroid dienone is 1. The lowest BCUT2D eigenvalue weighted by molar-refractivity contribution is 1.64. The third kappa shape index (κ3) is 1.68. The summed E-state index contributed by atoms with van der Waals surface area (Å²) in [7, 11) is 0. The molecule has 0 saturated heterocycles. The van der Waals surface area contributed by atoms with E-state index in [4.69, 9.17) is 0 Å². The van der Waals surface area contributed by atoms with Gasteiger partial charge in [0, 0.05) is 9.75 Å². The predicted molar refractivity (Wildman–Crippen MR) is 43.8 cm³/mol. The van der Waals surface area contributed by atoms with Crippen LogP contribution in [0.5, 0.6) is 0 Å². The summed E-state index contributed by atoms with van der Waals surface area (Å²) >= 11 is 1.83. The molecule has 0 atom stereocenters. The van der Waals surface area contributed by atoms with Crippen LogP contribution in [0.1, 0.15) is 16.7 Å². The zero-order chi connectivity index (χ0) is 6.69. The van der Waals surface area contributed by atoms with Crippen LogP contribution < -0.4 is 0 Å². The van der Waals surface area contributed by atoms with Crippen LogP contribution in [0.2, 0.25) is 0 Å². The number of hydrogen-bond donors (Lipinski definition) is 0. The van der Waals surface area contributed by atoms with Gasteiger partial charge in [-0.25, -0.2) is 0 Å². The Hall–Kier alpha value is -0.560. The van der Waals surface area contributed by atoms with Crippen LogP contribution in [0.15, 0.2) is 18.2 Å². The maximum atomic E-state index is 2.14. The molecule has 0 aromatic carbocycles. The monoisotopic (exact) mass is 138 g/mol. The van der Waals surface area contributed by atoms with Crippen LogP contribution >= 0.6 is 11.3 Å². The van der Waals surface area contributed by atoms with Gasteiger partial charge in [-0.1, -0.05) is 6.08 Å². The molecular formula is C8H10S. The standard InChI is InChI=1S/C8H10S/c1-3-4-8-6-5-7(2)9-8/h3-6H,1-2H3. The van der Waals surface area contributed by atoms with Crippen LogP contribution in [-0.2, 0) is 0 Å². The average Bonchev–Trinajstić information content (AvgIpc) is 2.17. The third-order valence-corrected chi connectivity index (χ3v) is 2.06. The molecule has 0 aliphatic carbocycles. The summed E-state index contributed by atoms with van der Waals surface area (Å²) < 4.78 is 0. The van der Waals surface area contributed by atoms with Crippen LogP contribution in [-0.4, -0.2) is 0 Å². The molecule has 48 valence electrons. The Bertz CT molecular complexity index is 208. The van der Waals surface area contributed by atoms with Gasteiger partial charge in [-0.05, 0) is 32.1 Å². The second-order valence-corrected chi connectivity index (χ2v) is 3.27. The summed E-state index contributed by atoms with van der Waals surface area (Å²) in [5.41, 5.74) is 0. The van der Waals surface area contributed by atoms with Crippen LogP contribution in [0.3, 0.4) is 0 Å². The zero-order valence-corrected chi connectivity index (χ0v) is 6.53. The van der Waals surface area contributed by atoms with Gasteiger partial charge in [0.15, 0.2) is 0 Å². The molecule has 1 aromatic heterocycles. The van der Waals surface area contributed by atoms with E-state index in [0.717, 1.165) is 0 Å². The van der Waals surface area contributed by atoms with Gasteiger partial charge in [0.25, 0.3) is 0 Å². The molecule has 0 radical (unpaired) electrons. The molecule has 9 heavy (non-hydrogen) atoms. The summed E-state index contributed by atoms with van der Waals surface area (Å²) in [6.07, 6.45) is 4.18. The number of thiophene rings is 1. The van der Waals surface area contributed by atoms with E-state index in [0.29, 0.717) is 0 Å². The molecule has 1 aromatic rings. The Labute approximate surface area is 59.8 Å². The van der Waals surface area contributed by atoms with E-state index < -0.39 is 0 Å². The largest absolute Gasteiger partial charge is 0.141 e. The van der Waals surface area contributed by atoms with E-state index in [1.54, 1.807) is 0 Å². The van der Waals surface area contributed by atoms with E-state index in [1.807, 2.05) is 18.3 Å². The van der Waals surface area contributed by atoms with Gasteiger partial charge in [-0.2, -0.15) is 0 Å². The minimum Gasteiger partial charge on any atom is -0.141 e. The van der Waals surface area contributed by atoms with Crippen molar-refractivity contribution in [3.05, 3.63) is 28.0 Å². The molecule has 0 spiro atoms. The summed E-state index contributed by atoms with van der Waals surface area (Å²) in [5.74, 6) is 0. The molecule has 0 aliphatic heterocycles. The van der Waals surface area contributed by atoms with Gasteiger partial charge in [0.1, 0.15) is 0 Å². The van der Waals surface area contributed by atoms with Gasteiger partial charge in [-0.3, -0.25) is 0 Å². The van der Waals surface area contributed by atoms with Crippen molar-refractivity contribution in [2.45, 2.75) is 13.8 Å². The first-order valence-corrected chi connectivity index (χ1v) is 3.83. The van der Waals surface area contributed by atoms with E-state index in [9.17, 15) is 0 Å². The summed E-state index contributed by atoms with van der Waals surface area (Å²) in [6, 6.07) is 4.28. The molecule has 0 unspecified atom stereocenters. The molecule has 0 nitrogen and oxygen atoms in total. The first-order chi connectivity index (χ1) is 4.33. The Morgan fingerprint density at radius 1 is 1.44 bits per heavy atom. The van der Waals surface area contributed by atoms with Gasteiger partial charge in [-0.15, -0.1) is 11.3 Å². The minimum atomic E-state index is 1.34. The van der Waals surface area contributed by atoms with Gasteiger partial charge in [0.2, 0.25) is 0 Å². The SMILES string of the molecule is CC=Cc1ccc(C)s1. The fourth-order valence-corrected chi connectivity index (χ4v) is 1.56. The number of rotatable bonds is 1. The van der Waals surface area contributed by atoms with E-state index in [1.165, 1.54) is 9.75 Å². The van der Waals surface area contributed by atoms with E-state index in [-0.39, 0.29) is 0 Å². The van der Waals surface area contributed by atoms with Crippen LogP contribution in [0, 0.1) is 6.92 Å². The van der Waals surface area contributed by atoms with Crippen molar-refractivity contribution < 1.29 is 0 Å². The molecular weight excluding hydrogens is 128 g/mol. The fraction of sp³-hybridized carbons (Fsp3) is 0.250. The Morgan fingerprint density at radius 3 is 2.67 bits per heavy atom. The van der Waals surface area contributed by atoms with Crippen molar-refractivity contribution in [2.24, 2.45) is 0 Å². The average molecular weight is 138 g/mol. The van der Waals surface area contributed by atoms with Gasteiger partial charge >= 0.3 is 0 Å². The second-order valence-electron chi connectivity index (χ2n) is 1.95. The Kier molecular flexibility index (Phi) is 2.06. The molecule has 0 saturated carbocycles. The van der Waals surface area contributed by atoms with Crippen LogP contribution in [0.4, 0.5) is 0 Å². The molecule has 0 bridgehead atoms. The third-order valence-electron chi connectivity index (χ3n) is 1.09. The van der Waals surface area contributed by atoms with E-state index >= 15 is 0 Å². The Morgan fingerprint density at radius 2 is 2.22 bits per heavy atom. The zero-order valence-electron chi connectivity index (χ0n) is 5.72. The van der Waals surface area contributed by atoms with Crippen molar-refractivity contribution in [1.29, 1.82) is 0 Å².